The van der Waals surface area contributed by atoms with Crippen molar-refractivity contribution in [1.82, 2.24) is 20.0 Å². The normalized spacial score (nSPS) is 18.2. The van der Waals surface area contributed by atoms with Crippen LogP contribution in [-0.2, 0) is 14.8 Å². The number of aliphatic carboxylic acids is 1. The molecule has 0 amide bonds. The van der Waals surface area contributed by atoms with Crippen molar-refractivity contribution < 1.29 is 23.1 Å². The molecule has 0 bridgehead atoms. The van der Waals surface area contributed by atoms with Crippen LogP contribution in [0, 0.1) is 0 Å². The lowest BCUT2D eigenvalue weighted by Crippen LogP contribution is -2.48. The second-order valence-corrected chi connectivity index (χ2v) is 8.79. The van der Waals surface area contributed by atoms with Crippen molar-refractivity contribution in [3.8, 4) is 22.8 Å². The Hall–Kier alpha value is -3.28. The molecule has 11 heteroatoms. The van der Waals surface area contributed by atoms with Crippen LogP contribution in [0.15, 0.2) is 46.1 Å². The molecule has 1 saturated heterocycles. The number of hydrazine groups is 1. The van der Waals surface area contributed by atoms with E-state index in [-0.39, 0.29) is 10.5 Å². The summed E-state index contributed by atoms with van der Waals surface area (Å²) in [5.41, 5.74) is 0.443. The van der Waals surface area contributed by atoms with Gasteiger partial charge in [-0.25, -0.2) is 18.5 Å². The van der Waals surface area contributed by atoms with Gasteiger partial charge in [-0.1, -0.05) is 6.07 Å². The molecule has 0 spiro atoms. The smallest absolute Gasteiger partial charge is 0.322 e. The number of aromatic amines is 1. The number of H-pyrrole nitrogens is 1. The molecule has 2 aliphatic heterocycles. The maximum Gasteiger partial charge on any atom is 0.322 e. The fourth-order valence-electron chi connectivity index (χ4n) is 3.88. The van der Waals surface area contributed by atoms with Gasteiger partial charge in [0.2, 0.25) is 0 Å². The Kier molecular flexibility index (Phi) is 4.13. The third-order valence-corrected chi connectivity index (χ3v) is 6.64. The van der Waals surface area contributed by atoms with Gasteiger partial charge in [-0.3, -0.25) is 9.59 Å². The van der Waals surface area contributed by atoms with E-state index < -0.39 is 22.0 Å². The first-order valence-electron chi connectivity index (χ1n) is 9.21. The highest BCUT2D eigenvalue weighted by Gasteiger charge is 2.34. The third-order valence-electron chi connectivity index (χ3n) is 5.29. The van der Waals surface area contributed by atoms with Gasteiger partial charge in [-0.05, 0) is 43.2 Å². The first-order chi connectivity index (χ1) is 14.3. The number of nitrogens with zero attached hydrogens (tertiary/aromatic N) is 2. The number of hydrogen-bond donors (Lipinski definition) is 3. The summed E-state index contributed by atoms with van der Waals surface area (Å²) in [4.78, 5) is 25.8. The number of ether oxygens (including phenoxy) is 1. The minimum Gasteiger partial charge on any atom is -0.480 e. The lowest BCUT2D eigenvalue weighted by atomic mass is 10.0. The summed E-state index contributed by atoms with van der Waals surface area (Å²) >= 11 is 0. The second-order valence-electron chi connectivity index (χ2n) is 7.12. The van der Waals surface area contributed by atoms with E-state index in [1.165, 1.54) is 23.2 Å². The molecule has 5 rings (SSSR count). The molecule has 1 fully saturated rings. The molecule has 3 N–H and O–H groups in total. The van der Waals surface area contributed by atoms with Crippen molar-refractivity contribution in [2.24, 2.45) is 0 Å². The molecule has 1 aromatic heterocycles. The van der Waals surface area contributed by atoms with E-state index in [4.69, 9.17) is 4.74 Å². The molecule has 0 unspecified atom stereocenters. The summed E-state index contributed by atoms with van der Waals surface area (Å²) in [6.07, 6.45) is 0.944. The molecular weight excluding hydrogens is 412 g/mol. The molecule has 0 radical (unpaired) electrons. The topological polar surface area (TPSA) is 142 Å². The predicted octanol–water partition coefficient (Wildman–Crippen LogP) is 1.44. The van der Waals surface area contributed by atoms with Crippen LogP contribution in [0.1, 0.15) is 12.8 Å². The lowest BCUT2D eigenvalue weighted by Gasteiger charge is -2.23. The second kappa shape index (κ2) is 6.62. The lowest BCUT2D eigenvalue weighted by molar-refractivity contribution is -0.142. The number of carboxylic acid groups (broad SMARTS) is 1. The first kappa shape index (κ1) is 18.7. The fraction of sp³-hybridized carbons (Fsp3) is 0.211. The summed E-state index contributed by atoms with van der Waals surface area (Å²) in [5, 5.41) is 17.9. The van der Waals surface area contributed by atoms with E-state index in [1.54, 1.807) is 18.2 Å². The van der Waals surface area contributed by atoms with Gasteiger partial charge in [-0.15, -0.1) is 4.83 Å². The highest BCUT2D eigenvalue weighted by atomic mass is 32.2. The van der Waals surface area contributed by atoms with E-state index in [0.29, 0.717) is 52.9 Å². The van der Waals surface area contributed by atoms with Crippen molar-refractivity contribution in [3.63, 3.8) is 0 Å². The van der Waals surface area contributed by atoms with Gasteiger partial charge < -0.3 is 9.84 Å². The van der Waals surface area contributed by atoms with Crippen LogP contribution < -0.4 is 15.1 Å². The highest BCUT2D eigenvalue weighted by Crippen LogP contribution is 2.44. The van der Waals surface area contributed by atoms with Crippen molar-refractivity contribution in [2.75, 3.05) is 6.54 Å². The van der Waals surface area contributed by atoms with Gasteiger partial charge in [-0.2, -0.15) is 5.10 Å². The number of rotatable bonds is 4. The molecule has 0 saturated carbocycles. The van der Waals surface area contributed by atoms with Gasteiger partial charge >= 0.3 is 5.97 Å². The summed E-state index contributed by atoms with van der Waals surface area (Å²) in [5.74, 6) is -0.215. The summed E-state index contributed by atoms with van der Waals surface area (Å²) in [6, 6.07) is 8.42. The monoisotopic (exact) mass is 428 g/mol. The van der Waals surface area contributed by atoms with Gasteiger partial charge in [0.05, 0.1) is 15.7 Å². The Bertz CT molecular complexity index is 1370. The maximum absolute atomic E-state index is 12.9. The number of carboxylic acids is 1. The van der Waals surface area contributed by atoms with Crippen molar-refractivity contribution in [1.29, 1.82) is 0 Å². The molecule has 3 heterocycles. The number of hydrogen-bond acceptors (Lipinski definition) is 7. The average Bonchev–Trinajstić information content (AvgIpc) is 3.17. The molecule has 154 valence electrons. The molecule has 2 aliphatic rings. The number of fused-ring (bicyclic) bond motifs is 2. The van der Waals surface area contributed by atoms with E-state index in [9.17, 15) is 23.1 Å². The summed E-state index contributed by atoms with van der Waals surface area (Å²) in [6.45, 7) is 0.305. The predicted molar refractivity (Wildman–Crippen MR) is 106 cm³/mol. The fourth-order valence-corrected chi connectivity index (χ4v) is 5.03. The Balaban J connectivity index is 1.58. The maximum atomic E-state index is 12.9. The number of aromatic nitrogens is 2. The number of sulfonamides is 1. The van der Waals surface area contributed by atoms with Crippen LogP contribution in [0.4, 0.5) is 0 Å². The molecule has 2 aromatic carbocycles. The summed E-state index contributed by atoms with van der Waals surface area (Å²) < 4.78 is 31.7. The van der Waals surface area contributed by atoms with Crippen molar-refractivity contribution in [3.05, 3.63) is 46.8 Å². The van der Waals surface area contributed by atoms with Gasteiger partial charge in [0.25, 0.3) is 15.6 Å². The van der Waals surface area contributed by atoms with Crippen LogP contribution in [0.3, 0.4) is 0 Å². The molecule has 30 heavy (non-hydrogen) atoms. The van der Waals surface area contributed by atoms with Crippen LogP contribution in [-0.4, -0.2) is 47.3 Å². The Labute approximate surface area is 170 Å². The Morgan fingerprint density at radius 3 is 2.90 bits per heavy atom. The third kappa shape index (κ3) is 2.86. The van der Waals surface area contributed by atoms with E-state index in [2.05, 4.69) is 15.0 Å². The highest BCUT2D eigenvalue weighted by molar-refractivity contribution is 7.89. The SMILES string of the molecule is O=C(O)[C@@H]1CCCN1NS(=O)(=O)c1ccc2c(c1)-c1n[nH]c(=O)c3cccc(c13)O2. The van der Waals surface area contributed by atoms with Gasteiger partial charge in [0.15, 0.2) is 0 Å². The molecule has 0 aliphatic carbocycles. The summed E-state index contributed by atoms with van der Waals surface area (Å²) in [7, 11) is -4.04. The van der Waals surface area contributed by atoms with E-state index >= 15 is 0 Å². The molecular formula is C19H16N4O6S. The molecule has 3 aromatic rings. The largest absolute Gasteiger partial charge is 0.480 e. The zero-order valence-corrected chi connectivity index (χ0v) is 16.3. The first-order valence-corrected chi connectivity index (χ1v) is 10.7. The van der Waals surface area contributed by atoms with E-state index in [0.717, 1.165) is 0 Å². The standard InChI is InChI=1S/C19H16N4O6S/c24-18-11-3-1-5-15-16(11)17(20-21-18)12-9-10(6-7-14(12)29-15)30(27,28)22-23-8-2-4-13(23)19(25)26/h1,3,5-7,9,13,22H,2,4,8H2,(H,21,24)(H,25,26)/t13-/m0/s1. The minimum atomic E-state index is -4.04. The van der Waals surface area contributed by atoms with Crippen LogP contribution in [0.25, 0.3) is 22.0 Å². The molecule has 10 nitrogen and oxygen atoms in total. The number of nitrogens with one attached hydrogen (secondary N) is 2. The van der Waals surface area contributed by atoms with Gasteiger partial charge in [0.1, 0.15) is 23.2 Å². The Morgan fingerprint density at radius 2 is 2.10 bits per heavy atom. The zero-order chi connectivity index (χ0) is 21.0. The van der Waals surface area contributed by atoms with Crippen molar-refractivity contribution in [2.45, 2.75) is 23.8 Å². The molecule has 1 atom stereocenters. The number of benzene rings is 2. The van der Waals surface area contributed by atoms with Gasteiger partial charge in [0, 0.05) is 12.1 Å². The van der Waals surface area contributed by atoms with E-state index in [1.807, 2.05) is 0 Å². The average molecular weight is 428 g/mol. The van der Waals surface area contributed by atoms with Crippen LogP contribution in [0.5, 0.6) is 11.5 Å². The van der Waals surface area contributed by atoms with Crippen molar-refractivity contribution >= 4 is 26.8 Å². The quantitative estimate of drug-likeness (QED) is 0.443. The zero-order valence-electron chi connectivity index (χ0n) is 15.5. The Morgan fingerprint density at radius 1 is 1.27 bits per heavy atom. The minimum absolute atomic E-state index is 0.0681. The van der Waals surface area contributed by atoms with Crippen LogP contribution >= 0.6 is 0 Å². The number of carbonyl (C=O) groups is 1. The van der Waals surface area contributed by atoms with Crippen LogP contribution in [0.2, 0.25) is 0 Å².